The van der Waals surface area contributed by atoms with Crippen molar-refractivity contribution in [1.29, 1.82) is 0 Å². The Labute approximate surface area is 210 Å². The number of H-pyrrole nitrogens is 1. The molecule has 0 spiro atoms. The summed E-state index contributed by atoms with van der Waals surface area (Å²) >= 11 is 5.77. The van der Waals surface area contributed by atoms with Crippen LogP contribution < -0.4 is 20.3 Å². The fourth-order valence-corrected chi connectivity index (χ4v) is 4.46. The molecule has 1 saturated heterocycles. The van der Waals surface area contributed by atoms with Crippen molar-refractivity contribution < 1.29 is 14.2 Å². The number of hydrogen-bond acceptors (Lipinski definition) is 6. The number of thiocarbonyl (C=S) groups is 1. The van der Waals surface area contributed by atoms with Crippen LogP contribution >= 0.6 is 12.2 Å². The van der Waals surface area contributed by atoms with E-state index >= 15 is 0 Å². The van der Waals surface area contributed by atoms with Gasteiger partial charge in [0, 0.05) is 48.9 Å². The molecular formula is C26H32N4O4S. The zero-order valence-corrected chi connectivity index (χ0v) is 21.0. The number of hydrogen-bond donors (Lipinski definition) is 2. The molecular weight excluding hydrogens is 464 g/mol. The Morgan fingerprint density at radius 2 is 1.83 bits per heavy atom. The molecule has 1 aliphatic rings. The summed E-state index contributed by atoms with van der Waals surface area (Å²) < 4.78 is 16.3. The SMILES string of the molecule is COc1cc2cc(CN(CCCN3CCOCC3)C(=S)Nc3ccccc3)c(=O)[nH]c2cc1OC. The van der Waals surface area contributed by atoms with Crippen LogP contribution in [0.25, 0.3) is 10.9 Å². The maximum atomic E-state index is 13.0. The quantitative estimate of drug-likeness (QED) is 0.436. The highest BCUT2D eigenvalue weighted by atomic mass is 32.1. The number of aromatic nitrogens is 1. The van der Waals surface area contributed by atoms with Crippen LogP contribution in [0, 0.1) is 0 Å². The summed E-state index contributed by atoms with van der Waals surface area (Å²) in [7, 11) is 3.17. The number of rotatable bonds is 9. The van der Waals surface area contributed by atoms with Crippen molar-refractivity contribution in [2.75, 3.05) is 58.9 Å². The van der Waals surface area contributed by atoms with Gasteiger partial charge in [-0.3, -0.25) is 9.69 Å². The maximum absolute atomic E-state index is 13.0. The van der Waals surface area contributed by atoms with E-state index in [1.54, 1.807) is 20.3 Å². The van der Waals surface area contributed by atoms with E-state index in [1.807, 2.05) is 42.5 Å². The van der Waals surface area contributed by atoms with Crippen LogP contribution in [0.15, 0.2) is 53.3 Å². The molecule has 1 fully saturated rings. The summed E-state index contributed by atoms with van der Waals surface area (Å²) in [5.74, 6) is 1.18. The number of nitrogens with one attached hydrogen (secondary N) is 2. The van der Waals surface area contributed by atoms with E-state index in [-0.39, 0.29) is 5.56 Å². The topological polar surface area (TPSA) is 79.1 Å². The Hall–Kier alpha value is -3.14. The molecule has 0 amide bonds. The van der Waals surface area contributed by atoms with E-state index in [0.717, 1.165) is 56.9 Å². The molecule has 9 heteroatoms. The number of aromatic amines is 1. The molecule has 2 N–H and O–H groups in total. The molecule has 2 aromatic carbocycles. The normalized spacial score (nSPS) is 14.0. The zero-order valence-electron chi connectivity index (χ0n) is 20.2. The molecule has 186 valence electrons. The third-order valence-electron chi connectivity index (χ3n) is 6.10. The molecule has 0 saturated carbocycles. The lowest BCUT2D eigenvalue weighted by Gasteiger charge is -2.29. The van der Waals surface area contributed by atoms with E-state index < -0.39 is 0 Å². The second kappa shape index (κ2) is 12.0. The number of pyridine rings is 1. The van der Waals surface area contributed by atoms with Crippen LogP contribution in [0.2, 0.25) is 0 Å². The van der Waals surface area contributed by atoms with Crippen LogP contribution in [-0.4, -0.2) is 73.5 Å². The number of ether oxygens (including phenoxy) is 3. The van der Waals surface area contributed by atoms with Crippen molar-refractivity contribution in [2.24, 2.45) is 0 Å². The fraction of sp³-hybridized carbons (Fsp3) is 0.385. The Morgan fingerprint density at radius 1 is 1.11 bits per heavy atom. The Kier molecular flexibility index (Phi) is 8.57. The van der Waals surface area contributed by atoms with E-state index in [9.17, 15) is 4.79 Å². The van der Waals surface area contributed by atoms with Crippen LogP contribution in [0.1, 0.15) is 12.0 Å². The summed E-state index contributed by atoms with van der Waals surface area (Å²) in [5, 5.41) is 4.77. The minimum Gasteiger partial charge on any atom is -0.493 e. The lowest BCUT2D eigenvalue weighted by Crippen LogP contribution is -2.40. The Bertz CT molecular complexity index is 1200. The minimum absolute atomic E-state index is 0.148. The number of morpholine rings is 1. The molecule has 0 atom stereocenters. The average Bonchev–Trinajstić information content (AvgIpc) is 2.88. The molecule has 0 aliphatic carbocycles. The van der Waals surface area contributed by atoms with Crippen LogP contribution in [-0.2, 0) is 11.3 Å². The van der Waals surface area contributed by atoms with Crippen molar-refractivity contribution in [1.82, 2.24) is 14.8 Å². The minimum atomic E-state index is -0.148. The lowest BCUT2D eigenvalue weighted by atomic mass is 10.1. The first kappa shape index (κ1) is 25.0. The molecule has 2 heterocycles. The number of benzene rings is 2. The second-order valence-corrected chi connectivity index (χ2v) is 8.83. The first-order valence-electron chi connectivity index (χ1n) is 11.8. The summed E-state index contributed by atoms with van der Waals surface area (Å²) in [6, 6.07) is 15.4. The molecule has 1 aromatic heterocycles. The summed E-state index contributed by atoms with van der Waals surface area (Å²) in [4.78, 5) is 20.4. The molecule has 0 radical (unpaired) electrons. The van der Waals surface area contributed by atoms with E-state index in [4.69, 9.17) is 26.4 Å². The van der Waals surface area contributed by atoms with Gasteiger partial charge >= 0.3 is 0 Å². The largest absolute Gasteiger partial charge is 0.493 e. The first-order chi connectivity index (χ1) is 17.1. The van der Waals surface area contributed by atoms with Crippen molar-refractivity contribution in [3.8, 4) is 11.5 Å². The zero-order chi connectivity index (χ0) is 24.6. The van der Waals surface area contributed by atoms with E-state index in [1.165, 1.54) is 0 Å². The van der Waals surface area contributed by atoms with Gasteiger partial charge in [0.15, 0.2) is 16.6 Å². The average molecular weight is 497 g/mol. The number of fused-ring (bicyclic) bond motifs is 1. The van der Waals surface area contributed by atoms with Crippen LogP contribution in [0.4, 0.5) is 5.69 Å². The maximum Gasteiger partial charge on any atom is 0.253 e. The van der Waals surface area contributed by atoms with Gasteiger partial charge in [0.05, 0.1) is 39.5 Å². The summed E-state index contributed by atoms with van der Waals surface area (Å²) in [5.41, 5.74) is 2.10. The monoisotopic (exact) mass is 496 g/mol. The molecule has 0 unspecified atom stereocenters. The Balaban J connectivity index is 1.55. The second-order valence-electron chi connectivity index (χ2n) is 8.44. The van der Waals surface area contributed by atoms with E-state index in [0.29, 0.717) is 34.2 Å². The number of nitrogens with zero attached hydrogens (tertiary/aromatic N) is 2. The van der Waals surface area contributed by atoms with Crippen LogP contribution in [0.5, 0.6) is 11.5 Å². The standard InChI is InChI=1S/C26H32N4O4S/c1-32-23-16-19-15-20(25(31)28-22(19)17-24(23)33-2)18-30(10-6-9-29-11-13-34-14-12-29)26(35)27-21-7-4-3-5-8-21/h3-5,7-8,15-17H,6,9-14,18H2,1-2H3,(H,27,35)(H,28,31). The van der Waals surface area contributed by atoms with E-state index in [2.05, 4.69) is 20.1 Å². The predicted molar refractivity (Wildman–Crippen MR) is 143 cm³/mol. The van der Waals surface area contributed by atoms with Crippen molar-refractivity contribution in [3.63, 3.8) is 0 Å². The predicted octanol–water partition coefficient (Wildman–Crippen LogP) is 3.47. The van der Waals surface area contributed by atoms with Crippen molar-refractivity contribution in [3.05, 3.63) is 64.4 Å². The smallest absolute Gasteiger partial charge is 0.253 e. The highest BCUT2D eigenvalue weighted by Crippen LogP contribution is 2.31. The van der Waals surface area contributed by atoms with Gasteiger partial charge in [0.2, 0.25) is 0 Å². The Morgan fingerprint density at radius 3 is 2.54 bits per heavy atom. The van der Waals surface area contributed by atoms with Gasteiger partial charge in [-0.1, -0.05) is 18.2 Å². The van der Waals surface area contributed by atoms with Crippen molar-refractivity contribution in [2.45, 2.75) is 13.0 Å². The lowest BCUT2D eigenvalue weighted by molar-refractivity contribution is 0.0367. The highest BCUT2D eigenvalue weighted by Gasteiger charge is 2.16. The third-order valence-corrected chi connectivity index (χ3v) is 6.47. The summed E-state index contributed by atoms with van der Waals surface area (Å²) in [6.45, 7) is 5.52. The van der Waals surface area contributed by atoms with Gasteiger partial charge in [-0.25, -0.2) is 0 Å². The van der Waals surface area contributed by atoms with Gasteiger partial charge in [-0.2, -0.15) is 0 Å². The van der Waals surface area contributed by atoms with Gasteiger partial charge in [0.25, 0.3) is 5.56 Å². The summed E-state index contributed by atoms with van der Waals surface area (Å²) in [6.07, 6.45) is 0.924. The number of para-hydroxylation sites is 1. The molecule has 8 nitrogen and oxygen atoms in total. The highest BCUT2D eigenvalue weighted by molar-refractivity contribution is 7.80. The number of anilines is 1. The van der Waals surface area contributed by atoms with Crippen molar-refractivity contribution >= 4 is 33.9 Å². The van der Waals surface area contributed by atoms with Gasteiger partial charge < -0.3 is 29.4 Å². The van der Waals surface area contributed by atoms with Gasteiger partial charge in [-0.15, -0.1) is 0 Å². The third kappa shape index (κ3) is 6.50. The van der Waals surface area contributed by atoms with Gasteiger partial charge in [0.1, 0.15) is 0 Å². The molecule has 35 heavy (non-hydrogen) atoms. The molecule has 4 rings (SSSR count). The fourth-order valence-electron chi connectivity index (χ4n) is 4.19. The molecule has 0 bridgehead atoms. The van der Waals surface area contributed by atoms with Crippen LogP contribution in [0.3, 0.4) is 0 Å². The molecule has 1 aliphatic heterocycles. The molecule has 3 aromatic rings. The van der Waals surface area contributed by atoms with Gasteiger partial charge in [-0.05, 0) is 42.9 Å². The first-order valence-corrected chi connectivity index (χ1v) is 12.2. The number of methoxy groups -OCH3 is 2.